The molecule has 4 rings (SSSR count). The molecule has 0 fully saturated rings. The molecule has 0 unspecified atom stereocenters. The first kappa shape index (κ1) is 26.8. The van der Waals surface area contributed by atoms with E-state index in [-0.39, 0.29) is 13.3 Å². The summed E-state index contributed by atoms with van der Waals surface area (Å²) < 4.78 is 19.3. The fourth-order valence-electron chi connectivity index (χ4n) is 3.40. The molecule has 190 valence electrons. The van der Waals surface area contributed by atoms with Crippen molar-refractivity contribution in [1.29, 1.82) is 0 Å². The van der Waals surface area contributed by atoms with Crippen LogP contribution in [0.1, 0.15) is 22.8 Å². The Labute approximate surface area is 227 Å². The fraction of sp³-hybridized carbons (Fsp3) is 0.292. The maximum absolute atomic E-state index is 12.1. The number of esters is 1. The zero-order valence-corrected chi connectivity index (χ0v) is 22.6. The number of carbonyl (C=O) groups is 1. The Kier molecular flexibility index (Phi) is 9.16. The molecule has 0 amide bonds. The van der Waals surface area contributed by atoms with Crippen LogP contribution in [0.15, 0.2) is 47.6 Å². The van der Waals surface area contributed by atoms with Crippen LogP contribution in [0.4, 0.5) is 0 Å². The number of methoxy groups -OCH3 is 1. The Bertz CT molecular complexity index is 1350. The van der Waals surface area contributed by atoms with Crippen LogP contribution in [0.25, 0.3) is 17.0 Å². The SMILES string of the molecule is CCOC(=O)c1cnn(-c2nc3cc(SCc4c(Cl)cccc4Cl)c(Cl)cc3n2COCCOC)c1. The summed E-state index contributed by atoms with van der Waals surface area (Å²) in [5.41, 5.74) is 2.59. The van der Waals surface area contributed by atoms with Crippen LogP contribution < -0.4 is 0 Å². The lowest BCUT2D eigenvalue weighted by atomic mass is 10.2. The van der Waals surface area contributed by atoms with E-state index in [1.54, 1.807) is 32.4 Å². The number of fused-ring (bicyclic) bond motifs is 1. The van der Waals surface area contributed by atoms with Gasteiger partial charge in [-0.15, -0.1) is 11.8 Å². The number of nitrogens with zero attached hydrogens (tertiary/aromatic N) is 4. The summed E-state index contributed by atoms with van der Waals surface area (Å²) in [7, 11) is 1.61. The second kappa shape index (κ2) is 12.3. The van der Waals surface area contributed by atoms with Gasteiger partial charge in [-0.05, 0) is 36.8 Å². The van der Waals surface area contributed by atoms with E-state index >= 15 is 0 Å². The summed E-state index contributed by atoms with van der Waals surface area (Å²) in [5.74, 6) is 0.549. The van der Waals surface area contributed by atoms with Crippen molar-refractivity contribution in [2.24, 2.45) is 0 Å². The van der Waals surface area contributed by atoms with Gasteiger partial charge in [-0.2, -0.15) is 5.10 Å². The van der Waals surface area contributed by atoms with Gasteiger partial charge in [-0.25, -0.2) is 14.5 Å². The predicted molar refractivity (Wildman–Crippen MR) is 142 cm³/mol. The van der Waals surface area contributed by atoms with Crippen LogP contribution in [-0.4, -0.2) is 52.2 Å². The molecule has 0 saturated heterocycles. The molecule has 0 aliphatic carbocycles. The lowest BCUT2D eigenvalue weighted by Gasteiger charge is -2.11. The number of rotatable bonds is 11. The molecule has 36 heavy (non-hydrogen) atoms. The molecule has 0 aliphatic heterocycles. The summed E-state index contributed by atoms with van der Waals surface area (Å²) in [6.45, 7) is 3.04. The number of carbonyl (C=O) groups excluding carboxylic acids is 1. The molecule has 0 bridgehead atoms. The van der Waals surface area contributed by atoms with Gasteiger partial charge in [-0.1, -0.05) is 40.9 Å². The first-order valence-corrected chi connectivity index (χ1v) is 13.1. The molecular weight excluding hydrogens is 547 g/mol. The first-order valence-electron chi connectivity index (χ1n) is 11.0. The maximum atomic E-state index is 12.1. The predicted octanol–water partition coefficient (Wildman–Crippen LogP) is 6.27. The lowest BCUT2D eigenvalue weighted by molar-refractivity contribution is 0.0356. The van der Waals surface area contributed by atoms with Gasteiger partial charge in [0.15, 0.2) is 0 Å². The van der Waals surface area contributed by atoms with E-state index in [0.29, 0.717) is 51.1 Å². The van der Waals surface area contributed by atoms with Gasteiger partial charge in [0, 0.05) is 34.0 Å². The molecule has 8 nitrogen and oxygen atoms in total. The highest BCUT2D eigenvalue weighted by Gasteiger charge is 2.19. The quantitative estimate of drug-likeness (QED) is 0.120. The van der Waals surface area contributed by atoms with Crippen molar-refractivity contribution in [3.63, 3.8) is 0 Å². The number of halogens is 3. The third-order valence-electron chi connectivity index (χ3n) is 5.17. The number of benzene rings is 2. The molecule has 0 N–H and O–H groups in total. The minimum atomic E-state index is -0.456. The highest BCUT2D eigenvalue weighted by molar-refractivity contribution is 7.98. The fourth-order valence-corrected chi connectivity index (χ4v) is 5.41. The average Bonchev–Trinajstić information content (AvgIpc) is 3.47. The van der Waals surface area contributed by atoms with Gasteiger partial charge in [0.1, 0.15) is 6.73 Å². The molecule has 0 atom stereocenters. The summed E-state index contributed by atoms with van der Waals surface area (Å²) >= 11 is 20.8. The van der Waals surface area contributed by atoms with E-state index in [1.807, 2.05) is 22.8 Å². The molecule has 2 aromatic heterocycles. The molecular formula is C24H23Cl3N4O4S. The molecule has 0 spiro atoms. The van der Waals surface area contributed by atoms with Crippen molar-refractivity contribution in [2.75, 3.05) is 26.9 Å². The third kappa shape index (κ3) is 5.99. The van der Waals surface area contributed by atoms with Gasteiger partial charge in [-0.3, -0.25) is 4.57 Å². The van der Waals surface area contributed by atoms with Crippen LogP contribution in [0.5, 0.6) is 0 Å². The van der Waals surface area contributed by atoms with Gasteiger partial charge in [0.2, 0.25) is 5.95 Å². The maximum Gasteiger partial charge on any atom is 0.341 e. The van der Waals surface area contributed by atoms with E-state index in [9.17, 15) is 4.79 Å². The van der Waals surface area contributed by atoms with Crippen molar-refractivity contribution in [3.05, 3.63) is 68.9 Å². The molecule has 0 radical (unpaired) electrons. The second-order valence-electron chi connectivity index (χ2n) is 7.52. The van der Waals surface area contributed by atoms with Gasteiger partial charge >= 0.3 is 5.97 Å². The smallest absolute Gasteiger partial charge is 0.341 e. The van der Waals surface area contributed by atoms with Crippen LogP contribution in [0.3, 0.4) is 0 Å². The van der Waals surface area contributed by atoms with Crippen molar-refractivity contribution in [2.45, 2.75) is 24.3 Å². The summed E-state index contributed by atoms with van der Waals surface area (Å²) in [5, 5.41) is 6.06. The monoisotopic (exact) mass is 568 g/mol. The highest BCUT2D eigenvalue weighted by atomic mass is 35.5. The van der Waals surface area contributed by atoms with E-state index in [0.717, 1.165) is 16.0 Å². The first-order chi connectivity index (χ1) is 17.4. The number of ether oxygens (including phenoxy) is 3. The summed E-state index contributed by atoms with van der Waals surface area (Å²) in [4.78, 5) is 17.7. The van der Waals surface area contributed by atoms with E-state index in [1.165, 1.54) is 22.6 Å². The van der Waals surface area contributed by atoms with Crippen molar-refractivity contribution >= 4 is 63.6 Å². The van der Waals surface area contributed by atoms with Crippen LogP contribution in [0, 0.1) is 0 Å². The molecule has 2 aromatic carbocycles. The largest absolute Gasteiger partial charge is 0.462 e. The minimum absolute atomic E-state index is 0.182. The van der Waals surface area contributed by atoms with E-state index < -0.39 is 5.97 Å². The summed E-state index contributed by atoms with van der Waals surface area (Å²) in [6.07, 6.45) is 3.01. The number of hydrogen-bond donors (Lipinski definition) is 0. The number of aromatic nitrogens is 4. The third-order valence-corrected chi connectivity index (χ3v) is 7.38. The van der Waals surface area contributed by atoms with Crippen molar-refractivity contribution in [1.82, 2.24) is 19.3 Å². The molecule has 2 heterocycles. The normalized spacial score (nSPS) is 11.4. The summed E-state index contributed by atoms with van der Waals surface area (Å²) in [6, 6.07) is 9.15. The van der Waals surface area contributed by atoms with Crippen LogP contribution in [0.2, 0.25) is 15.1 Å². The zero-order valence-electron chi connectivity index (χ0n) is 19.5. The molecule has 0 saturated carbocycles. The van der Waals surface area contributed by atoms with Crippen LogP contribution in [-0.2, 0) is 26.7 Å². The lowest BCUT2D eigenvalue weighted by Crippen LogP contribution is -2.12. The zero-order chi connectivity index (χ0) is 25.7. The Morgan fingerprint density at radius 3 is 2.61 bits per heavy atom. The van der Waals surface area contributed by atoms with Gasteiger partial charge in [0.05, 0.1) is 47.6 Å². The Balaban J connectivity index is 1.69. The van der Waals surface area contributed by atoms with Gasteiger partial charge in [0.25, 0.3) is 0 Å². The Morgan fingerprint density at radius 1 is 1.11 bits per heavy atom. The van der Waals surface area contributed by atoms with E-state index in [4.69, 9.17) is 54.0 Å². The average molecular weight is 570 g/mol. The molecule has 4 aromatic rings. The van der Waals surface area contributed by atoms with Crippen molar-refractivity contribution in [3.8, 4) is 5.95 Å². The topological polar surface area (TPSA) is 80.4 Å². The van der Waals surface area contributed by atoms with E-state index in [2.05, 4.69) is 5.10 Å². The Morgan fingerprint density at radius 2 is 1.89 bits per heavy atom. The Hall–Kier alpha value is -2.27. The van der Waals surface area contributed by atoms with Crippen molar-refractivity contribution < 1.29 is 19.0 Å². The second-order valence-corrected chi connectivity index (χ2v) is 9.76. The number of imidazole rings is 1. The standard InChI is InChI=1S/C24H23Cl3N4O4S/c1-3-35-23(32)15-11-28-31(12-15)24-29-20-10-22(36-13-16-17(25)5-4-6-18(16)26)19(27)9-21(20)30(24)14-34-8-7-33-2/h4-6,9-12H,3,7-8,13-14H2,1-2H3. The minimum Gasteiger partial charge on any atom is -0.462 e. The van der Waals surface area contributed by atoms with Gasteiger partial charge < -0.3 is 14.2 Å². The highest BCUT2D eigenvalue weighted by Crippen LogP contribution is 2.37. The molecule has 0 aliphatic rings. The molecule has 12 heteroatoms. The number of hydrogen-bond acceptors (Lipinski definition) is 7. The number of thioether (sulfide) groups is 1. The van der Waals surface area contributed by atoms with Crippen LogP contribution >= 0.6 is 46.6 Å².